The minimum atomic E-state index is -0.400. The zero-order valence-electron chi connectivity index (χ0n) is 11.4. The van der Waals surface area contributed by atoms with Crippen LogP contribution in [-0.2, 0) is 20.7 Å². The highest BCUT2D eigenvalue weighted by Crippen LogP contribution is 2.08. The fourth-order valence-electron chi connectivity index (χ4n) is 1.69. The van der Waals surface area contributed by atoms with E-state index in [2.05, 4.69) is 4.74 Å². The predicted molar refractivity (Wildman–Crippen MR) is 73.4 cm³/mol. The summed E-state index contributed by atoms with van der Waals surface area (Å²) in [6, 6.07) is 7.43. The Hall–Kier alpha value is -2.04. The molecule has 0 spiro atoms. The maximum absolute atomic E-state index is 12.0. The third kappa shape index (κ3) is 4.99. The Morgan fingerprint density at radius 3 is 2.42 bits per heavy atom. The lowest BCUT2D eigenvalue weighted by Crippen LogP contribution is -2.36. The van der Waals surface area contributed by atoms with Crippen molar-refractivity contribution < 1.29 is 14.3 Å². The molecule has 1 amide bonds. The summed E-state index contributed by atoms with van der Waals surface area (Å²) in [5, 5.41) is 0. The third-order valence-corrected chi connectivity index (χ3v) is 2.89. The van der Waals surface area contributed by atoms with Crippen molar-refractivity contribution in [3.8, 4) is 0 Å². The molecule has 1 aromatic carbocycles. The molecule has 104 valence electrons. The summed E-state index contributed by atoms with van der Waals surface area (Å²) in [7, 11) is 1.31. The van der Waals surface area contributed by atoms with Gasteiger partial charge >= 0.3 is 5.97 Å². The lowest BCUT2D eigenvalue weighted by Gasteiger charge is -2.19. The molecule has 0 aromatic heterocycles. The van der Waals surface area contributed by atoms with Gasteiger partial charge in [0.25, 0.3) is 0 Å². The van der Waals surface area contributed by atoms with Gasteiger partial charge in [-0.3, -0.25) is 9.59 Å². The van der Waals surface area contributed by atoms with Crippen LogP contribution in [0.2, 0.25) is 0 Å². The monoisotopic (exact) mass is 264 g/mol. The lowest BCUT2D eigenvalue weighted by atomic mass is 10.1. The van der Waals surface area contributed by atoms with E-state index in [1.165, 1.54) is 12.0 Å². The molecule has 0 unspecified atom stereocenters. The maximum Gasteiger partial charge on any atom is 0.325 e. The molecule has 1 rings (SSSR count). The zero-order chi connectivity index (χ0) is 14.3. The number of hydrogen-bond acceptors (Lipinski definition) is 4. The number of carbonyl (C=O) groups excluding carboxylic acids is 2. The van der Waals surface area contributed by atoms with Crippen LogP contribution in [0.15, 0.2) is 24.3 Å². The van der Waals surface area contributed by atoms with Crippen molar-refractivity contribution in [1.82, 2.24) is 4.90 Å². The van der Waals surface area contributed by atoms with Crippen molar-refractivity contribution in [2.24, 2.45) is 0 Å². The van der Waals surface area contributed by atoms with Gasteiger partial charge in [-0.05, 0) is 31.0 Å². The number of nitrogens with two attached hydrogens (primary N) is 1. The first-order chi connectivity index (χ1) is 9.06. The summed E-state index contributed by atoms with van der Waals surface area (Å²) in [6.07, 6.45) is 1.01. The number of methoxy groups -OCH3 is 1. The number of carbonyl (C=O) groups is 2. The number of hydrogen-bond donors (Lipinski definition) is 1. The van der Waals surface area contributed by atoms with E-state index in [0.717, 1.165) is 5.56 Å². The number of benzene rings is 1. The summed E-state index contributed by atoms with van der Waals surface area (Å²) in [5.74, 6) is -0.451. The average Bonchev–Trinajstić information content (AvgIpc) is 2.43. The molecule has 19 heavy (non-hydrogen) atoms. The highest BCUT2D eigenvalue weighted by molar-refractivity contribution is 5.82. The lowest BCUT2D eigenvalue weighted by molar-refractivity contribution is -0.146. The van der Waals surface area contributed by atoms with E-state index in [-0.39, 0.29) is 12.5 Å². The van der Waals surface area contributed by atoms with Crippen LogP contribution in [-0.4, -0.2) is 37.0 Å². The van der Waals surface area contributed by atoms with Gasteiger partial charge in [-0.25, -0.2) is 0 Å². The first-order valence-corrected chi connectivity index (χ1v) is 6.25. The number of nitrogens with zero attached hydrogens (tertiary/aromatic N) is 1. The van der Waals surface area contributed by atoms with Crippen molar-refractivity contribution in [1.29, 1.82) is 0 Å². The standard InChI is InChI=1S/C14H20N2O3/c1-3-16(10-14(18)19-2)13(17)9-6-11-4-7-12(15)8-5-11/h4-5,7-8H,3,6,9-10,15H2,1-2H3. The number of likely N-dealkylation sites (N-methyl/N-ethyl adjacent to an activating group) is 1. The minimum Gasteiger partial charge on any atom is -0.468 e. The smallest absolute Gasteiger partial charge is 0.325 e. The number of esters is 1. The van der Waals surface area contributed by atoms with Crippen molar-refractivity contribution in [3.63, 3.8) is 0 Å². The number of amides is 1. The molecule has 0 saturated heterocycles. The second-order valence-corrected chi connectivity index (χ2v) is 4.23. The Kier molecular flexibility index (Phi) is 5.85. The van der Waals surface area contributed by atoms with Crippen molar-refractivity contribution in [2.45, 2.75) is 19.8 Å². The van der Waals surface area contributed by atoms with Gasteiger partial charge in [0.2, 0.25) is 5.91 Å². The van der Waals surface area contributed by atoms with E-state index >= 15 is 0 Å². The van der Waals surface area contributed by atoms with E-state index < -0.39 is 5.97 Å². The predicted octanol–water partition coefficient (Wildman–Crippen LogP) is 1.22. The van der Waals surface area contributed by atoms with Crippen LogP contribution in [0, 0.1) is 0 Å². The van der Waals surface area contributed by atoms with Gasteiger partial charge in [0, 0.05) is 18.7 Å². The molecule has 0 aliphatic carbocycles. The van der Waals surface area contributed by atoms with Crippen LogP contribution in [0.4, 0.5) is 5.69 Å². The molecule has 0 heterocycles. The average molecular weight is 264 g/mol. The third-order valence-electron chi connectivity index (χ3n) is 2.89. The van der Waals surface area contributed by atoms with Gasteiger partial charge in [-0.15, -0.1) is 0 Å². The quantitative estimate of drug-likeness (QED) is 0.619. The molecule has 0 fully saturated rings. The second-order valence-electron chi connectivity index (χ2n) is 4.23. The molecule has 0 atom stereocenters. The fourth-order valence-corrected chi connectivity index (χ4v) is 1.69. The van der Waals surface area contributed by atoms with Gasteiger partial charge in [-0.2, -0.15) is 0 Å². The fraction of sp³-hybridized carbons (Fsp3) is 0.429. The van der Waals surface area contributed by atoms with E-state index in [0.29, 0.717) is 25.1 Å². The van der Waals surface area contributed by atoms with E-state index in [1.807, 2.05) is 31.2 Å². The molecular formula is C14H20N2O3. The first kappa shape index (κ1) is 15.0. The topological polar surface area (TPSA) is 72.6 Å². The summed E-state index contributed by atoms with van der Waals surface area (Å²) in [6.45, 7) is 2.34. The molecule has 5 heteroatoms. The van der Waals surface area contributed by atoms with Crippen LogP contribution in [0.25, 0.3) is 0 Å². The molecular weight excluding hydrogens is 244 g/mol. The van der Waals surface area contributed by atoms with Crippen molar-refractivity contribution in [2.75, 3.05) is 25.9 Å². The normalized spacial score (nSPS) is 10.0. The molecule has 0 saturated carbocycles. The number of aryl methyl sites for hydroxylation is 1. The SMILES string of the molecule is CCN(CC(=O)OC)C(=O)CCc1ccc(N)cc1. The molecule has 0 aliphatic rings. The highest BCUT2D eigenvalue weighted by atomic mass is 16.5. The summed E-state index contributed by atoms with van der Waals surface area (Å²) >= 11 is 0. The first-order valence-electron chi connectivity index (χ1n) is 6.25. The molecule has 0 bridgehead atoms. The second kappa shape index (κ2) is 7.41. The number of anilines is 1. The minimum absolute atomic E-state index is 0.00751. The molecule has 0 aliphatic heterocycles. The molecule has 0 radical (unpaired) electrons. The number of nitrogen functional groups attached to an aromatic ring is 1. The highest BCUT2D eigenvalue weighted by Gasteiger charge is 2.15. The Labute approximate surface area is 113 Å². The van der Waals surface area contributed by atoms with Gasteiger partial charge in [-0.1, -0.05) is 12.1 Å². The van der Waals surface area contributed by atoms with E-state index in [9.17, 15) is 9.59 Å². The summed E-state index contributed by atoms with van der Waals surface area (Å²) in [5.41, 5.74) is 7.35. The molecule has 5 nitrogen and oxygen atoms in total. The summed E-state index contributed by atoms with van der Waals surface area (Å²) < 4.78 is 4.56. The van der Waals surface area contributed by atoms with Crippen LogP contribution >= 0.6 is 0 Å². The van der Waals surface area contributed by atoms with Gasteiger partial charge in [0.15, 0.2) is 0 Å². The van der Waals surface area contributed by atoms with Crippen molar-refractivity contribution >= 4 is 17.6 Å². The Morgan fingerprint density at radius 2 is 1.89 bits per heavy atom. The maximum atomic E-state index is 12.0. The van der Waals surface area contributed by atoms with Crippen LogP contribution < -0.4 is 5.73 Å². The van der Waals surface area contributed by atoms with Crippen LogP contribution in [0.3, 0.4) is 0 Å². The van der Waals surface area contributed by atoms with Crippen molar-refractivity contribution in [3.05, 3.63) is 29.8 Å². The van der Waals surface area contributed by atoms with Crippen LogP contribution in [0.5, 0.6) is 0 Å². The Balaban J connectivity index is 2.48. The van der Waals surface area contributed by atoms with E-state index in [1.54, 1.807) is 0 Å². The van der Waals surface area contributed by atoms with Gasteiger partial charge in [0.05, 0.1) is 7.11 Å². The van der Waals surface area contributed by atoms with E-state index in [4.69, 9.17) is 5.73 Å². The summed E-state index contributed by atoms with van der Waals surface area (Å²) in [4.78, 5) is 24.6. The largest absolute Gasteiger partial charge is 0.468 e. The van der Waals surface area contributed by atoms with Gasteiger partial charge in [0.1, 0.15) is 6.54 Å². The van der Waals surface area contributed by atoms with Gasteiger partial charge < -0.3 is 15.4 Å². The zero-order valence-corrected chi connectivity index (χ0v) is 11.4. The molecule has 2 N–H and O–H groups in total. The van der Waals surface area contributed by atoms with Crippen LogP contribution in [0.1, 0.15) is 18.9 Å². The molecule has 1 aromatic rings. The Morgan fingerprint density at radius 1 is 1.26 bits per heavy atom. The number of ether oxygens (including phenoxy) is 1. The number of rotatable bonds is 6. The Bertz CT molecular complexity index is 429.